The summed E-state index contributed by atoms with van der Waals surface area (Å²) < 4.78 is 0. The van der Waals surface area contributed by atoms with Gasteiger partial charge in [-0.15, -0.1) is 0 Å². The number of thiocarbonyl (C=S) groups is 1. The van der Waals surface area contributed by atoms with Crippen LogP contribution in [0.15, 0.2) is 47.6 Å². The van der Waals surface area contributed by atoms with Crippen LogP contribution in [0.25, 0.3) is 10.9 Å². The Morgan fingerprint density at radius 2 is 1.90 bits per heavy atom. The Balaban J connectivity index is 1.65. The van der Waals surface area contributed by atoms with Gasteiger partial charge >= 0.3 is 0 Å². The quantitative estimate of drug-likeness (QED) is 0.479. The zero-order valence-electron chi connectivity index (χ0n) is 16.8. The molecule has 0 saturated carbocycles. The van der Waals surface area contributed by atoms with E-state index in [-0.39, 0.29) is 23.3 Å². The van der Waals surface area contributed by atoms with E-state index >= 15 is 0 Å². The van der Waals surface area contributed by atoms with Gasteiger partial charge in [-0.2, -0.15) is 0 Å². The van der Waals surface area contributed by atoms with Crippen molar-refractivity contribution in [2.45, 2.75) is 44.9 Å². The number of rotatable bonds is 3. The zero-order chi connectivity index (χ0) is 20.5. The average Bonchev–Trinajstić information content (AvgIpc) is 3.13. The summed E-state index contributed by atoms with van der Waals surface area (Å²) in [6, 6.07) is 11.9. The first kappa shape index (κ1) is 19.6. The summed E-state index contributed by atoms with van der Waals surface area (Å²) in [6.45, 7) is 4.68. The van der Waals surface area contributed by atoms with Crippen LogP contribution >= 0.6 is 12.2 Å². The third-order valence-electron chi connectivity index (χ3n) is 5.78. The second-order valence-electron chi connectivity index (χ2n) is 8.04. The Kier molecular flexibility index (Phi) is 5.41. The van der Waals surface area contributed by atoms with Gasteiger partial charge < -0.3 is 15.2 Å². The van der Waals surface area contributed by atoms with Crippen molar-refractivity contribution < 1.29 is 10.2 Å². The lowest BCUT2D eigenvalue weighted by molar-refractivity contribution is 0.443. The average molecular weight is 407 g/mol. The Labute approximate surface area is 176 Å². The molecule has 2 aromatic carbocycles. The van der Waals surface area contributed by atoms with E-state index in [1.165, 1.54) is 17.0 Å². The number of nitrogens with one attached hydrogen (secondary N) is 1. The van der Waals surface area contributed by atoms with Crippen LogP contribution in [-0.2, 0) is 0 Å². The van der Waals surface area contributed by atoms with Crippen LogP contribution < -0.4 is 0 Å². The van der Waals surface area contributed by atoms with Gasteiger partial charge in [0.15, 0.2) is 0 Å². The highest BCUT2D eigenvalue weighted by Crippen LogP contribution is 2.35. The molecule has 29 heavy (non-hydrogen) atoms. The van der Waals surface area contributed by atoms with Gasteiger partial charge in [-0.05, 0) is 66.0 Å². The molecule has 1 unspecified atom stereocenters. The van der Waals surface area contributed by atoms with Crippen molar-refractivity contribution in [2.75, 3.05) is 6.54 Å². The van der Waals surface area contributed by atoms with Crippen LogP contribution in [0.5, 0.6) is 11.5 Å². The summed E-state index contributed by atoms with van der Waals surface area (Å²) in [4.78, 5) is 9.03. The SMILES string of the molecule is CC(C)c1cc(C2=NCCC(=S)C(c3ccc4[nH]ccc4c3)CC2)c(O)cc1O. The first-order valence-electron chi connectivity index (χ1n) is 10.1. The van der Waals surface area contributed by atoms with Crippen molar-refractivity contribution in [1.82, 2.24) is 4.98 Å². The second-order valence-corrected chi connectivity index (χ2v) is 8.57. The van der Waals surface area contributed by atoms with E-state index in [0.717, 1.165) is 46.5 Å². The molecular weight excluding hydrogens is 380 g/mol. The van der Waals surface area contributed by atoms with Crippen LogP contribution in [0.3, 0.4) is 0 Å². The number of fused-ring (bicyclic) bond motifs is 1. The second kappa shape index (κ2) is 7.99. The molecule has 0 fully saturated rings. The fourth-order valence-corrected chi connectivity index (χ4v) is 4.49. The molecule has 4 nitrogen and oxygen atoms in total. The van der Waals surface area contributed by atoms with E-state index in [2.05, 4.69) is 29.2 Å². The molecule has 2 heterocycles. The highest BCUT2D eigenvalue weighted by molar-refractivity contribution is 7.80. The number of hydrogen-bond acceptors (Lipinski definition) is 4. The number of aromatic hydroxyl groups is 2. The molecule has 1 aliphatic heterocycles. The van der Waals surface area contributed by atoms with Crippen LogP contribution in [0, 0.1) is 0 Å². The topological polar surface area (TPSA) is 68.6 Å². The van der Waals surface area contributed by atoms with Gasteiger partial charge in [0.2, 0.25) is 0 Å². The standard InChI is InChI=1S/C24H26N2O2S/c1-14(2)18-12-19(23(28)13-22(18)27)21-6-4-17(24(29)8-10-26-21)15-3-5-20-16(11-15)7-9-25-20/h3,5,7,9,11-14,17,25,27-28H,4,6,8,10H2,1-2H3. The Morgan fingerprint density at radius 3 is 2.69 bits per heavy atom. The predicted molar refractivity (Wildman–Crippen MR) is 123 cm³/mol. The van der Waals surface area contributed by atoms with Gasteiger partial charge in [-0.25, -0.2) is 0 Å². The van der Waals surface area contributed by atoms with Crippen LogP contribution in [0.2, 0.25) is 0 Å². The Hall–Kier alpha value is -2.66. The first-order chi connectivity index (χ1) is 13.9. The number of phenolic OH excluding ortho intramolecular Hbond substituents is 2. The minimum Gasteiger partial charge on any atom is -0.508 e. The van der Waals surface area contributed by atoms with Gasteiger partial charge in [0.1, 0.15) is 11.5 Å². The molecule has 0 spiro atoms. The highest BCUT2D eigenvalue weighted by atomic mass is 32.1. The summed E-state index contributed by atoms with van der Waals surface area (Å²) in [5.74, 6) is 0.571. The lowest BCUT2D eigenvalue weighted by atomic mass is 9.86. The van der Waals surface area contributed by atoms with E-state index in [0.29, 0.717) is 6.54 Å². The fraction of sp³-hybridized carbons (Fsp3) is 0.333. The maximum Gasteiger partial charge on any atom is 0.128 e. The van der Waals surface area contributed by atoms with E-state index < -0.39 is 0 Å². The molecule has 1 aliphatic rings. The third kappa shape index (κ3) is 3.92. The van der Waals surface area contributed by atoms with Crippen molar-refractivity contribution in [1.29, 1.82) is 0 Å². The summed E-state index contributed by atoms with van der Waals surface area (Å²) >= 11 is 5.75. The summed E-state index contributed by atoms with van der Waals surface area (Å²) in [5, 5.41) is 21.8. The fourth-order valence-electron chi connectivity index (χ4n) is 4.14. The smallest absolute Gasteiger partial charge is 0.128 e. The number of aromatic nitrogens is 1. The number of H-pyrrole nitrogens is 1. The Bertz CT molecular complexity index is 1100. The molecule has 3 aromatic rings. The van der Waals surface area contributed by atoms with Gasteiger partial charge in [-0.1, -0.05) is 32.1 Å². The number of nitrogens with zero attached hydrogens (tertiary/aromatic N) is 1. The largest absolute Gasteiger partial charge is 0.508 e. The molecule has 0 bridgehead atoms. The third-order valence-corrected chi connectivity index (χ3v) is 6.27. The molecule has 0 radical (unpaired) electrons. The lowest BCUT2D eigenvalue weighted by Gasteiger charge is -2.22. The molecule has 0 aliphatic carbocycles. The van der Waals surface area contributed by atoms with Crippen molar-refractivity contribution >= 4 is 33.7 Å². The number of aromatic amines is 1. The van der Waals surface area contributed by atoms with Crippen molar-refractivity contribution in [3.8, 4) is 11.5 Å². The summed E-state index contributed by atoms with van der Waals surface area (Å²) in [7, 11) is 0. The molecule has 4 rings (SSSR count). The first-order valence-corrected chi connectivity index (χ1v) is 10.5. The van der Waals surface area contributed by atoms with Crippen molar-refractivity contribution in [3.05, 3.63) is 59.3 Å². The Morgan fingerprint density at radius 1 is 1.07 bits per heavy atom. The number of benzene rings is 2. The summed E-state index contributed by atoms with van der Waals surface area (Å²) in [5.41, 5.74) is 4.80. The number of phenols is 2. The van der Waals surface area contributed by atoms with Gasteiger partial charge in [0.05, 0.1) is 0 Å². The van der Waals surface area contributed by atoms with Crippen molar-refractivity contribution in [2.24, 2.45) is 4.99 Å². The minimum absolute atomic E-state index is 0.0825. The zero-order valence-corrected chi connectivity index (χ0v) is 17.6. The van der Waals surface area contributed by atoms with Gasteiger partial charge in [-0.3, -0.25) is 4.99 Å². The molecule has 0 saturated heterocycles. The predicted octanol–water partition coefficient (Wildman–Crippen LogP) is 5.83. The van der Waals surface area contributed by atoms with E-state index in [1.54, 1.807) is 0 Å². The maximum absolute atomic E-state index is 10.5. The molecular formula is C24H26N2O2S. The summed E-state index contributed by atoms with van der Waals surface area (Å²) in [6.07, 6.45) is 4.29. The van der Waals surface area contributed by atoms with Gasteiger partial charge in [0, 0.05) is 46.4 Å². The molecule has 5 heteroatoms. The van der Waals surface area contributed by atoms with Crippen LogP contribution in [0.1, 0.15) is 61.6 Å². The monoisotopic (exact) mass is 406 g/mol. The van der Waals surface area contributed by atoms with Gasteiger partial charge in [0.25, 0.3) is 0 Å². The number of hydrogen-bond donors (Lipinski definition) is 3. The highest BCUT2D eigenvalue weighted by Gasteiger charge is 2.23. The molecule has 0 amide bonds. The minimum atomic E-state index is 0.0825. The normalized spacial score (nSPS) is 18.0. The molecule has 1 aromatic heterocycles. The van der Waals surface area contributed by atoms with Crippen LogP contribution in [-0.4, -0.2) is 32.3 Å². The van der Waals surface area contributed by atoms with Crippen LogP contribution in [0.4, 0.5) is 0 Å². The van der Waals surface area contributed by atoms with E-state index in [4.69, 9.17) is 17.2 Å². The molecule has 1 atom stereocenters. The maximum atomic E-state index is 10.5. The van der Waals surface area contributed by atoms with E-state index in [9.17, 15) is 10.2 Å². The number of aliphatic imine (C=N–C) groups is 1. The van der Waals surface area contributed by atoms with Crippen molar-refractivity contribution in [3.63, 3.8) is 0 Å². The molecule has 150 valence electrons. The van der Waals surface area contributed by atoms with E-state index in [1.807, 2.05) is 26.1 Å². The molecule has 3 N–H and O–H groups in total. The lowest BCUT2D eigenvalue weighted by Crippen LogP contribution is -2.18.